The van der Waals surface area contributed by atoms with E-state index in [1.165, 1.54) is 0 Å². The summed E-state index contributed by atoms with van der Waals surface area (Å²) in [5.41, 5.74) is 0. The van der Waals surface area contributed by atoms with Crippen LogP contribution in [0.2, 0.25) is 0 Å². The number of carbonyl (C=O) groups is 1. The van der Waals surface area contributed by atoms with E-state index < -0.39 is 11.8 Å². The van der Waals surface area contributed by atoms with Crippen LogP contribution in [0.4, 0.5) is 4.39 Å². The molecule has 0 radical (unpaired) electrons. The number of ether oxygens (including phenoxy) is 1. The number of rotatable bonds is 0. The Morgan fingerprint density at radius 1 is 1.89 bits per heavy atom. The highest BCUT2D eigenvalue weighted by atomic mass is 19.2. The summed E-state index contributed by atoms with van der Waals surface area (Å²) in [6.45, 7) is 0. The van der Waals surface area contributed by atoms with E-state index in [2.05, 4.69) is 11.2 Å². The number of carbonyl (C=O) groups excluding carboxylic acids is 1. The molecule has 1 heterocycles. The second kappa shape index (κ2) is 1.59. The predicted molar refractivity (Wildman–Crippen MR) is 27.9 cm³/mol. The fourth-order valence-corrected chi connectivity index (χ4v) is 0.467. The van der Waals surface area contributed by atoms with Gasteiger partial charge < -0.3 is 4.74 Å². The highest BCUT2D eigenvalue weighted by molar-refractivity contribution is 5.85. The van der Waals surface area contributed by atoms with Crippen LogP contribution in [0.5, 0.6) is 0 Å². The van der Waals surface area contributed by atoms with Gasteiger partial charge in [-0.05, 0) is 5.92 Å². The maximum absolute atomic E-state index is 12.5. The molecule has 1 unspecified atom stereocenters. The van der Waals surface area contributed by atoms with E-state index in [0.717, 1.165) is 12.2 Å². The summed E-state index contributed by atoms with van der Waals surface area (Å²) in [4.78, 5) is 10.2. The Labute approximate surface area is 51.3 Å². The Morgan fingerprint density at radius 2 is 2.56 bits per heavy atom. The summed E-state index contributed by atoms with van der Waals surface area (Å²) in [6.07, 6.45) is 6.53. The first-order chi connectivity index (χ1) is 4.16. The fourth-order valence-electron chi connectivity index (χ4n) is 0.467. The van der Waals surface area contributed by atoms with Crippen molar-refractivity contribution in [2.24, 2.45) is 0 Å². The Balaban J connectivity index is 2.83. The van der Waals surface area contributed by atoms with E-state index in [1.807, 2.05) is 0 Å². The van der Waals surface area contributed by atoms with Crippen LogP contribution in [0.25, 0.3) is 0 Å². The van der Waals surface area contributed by atoms with Crippen LogP contribution in [-0.2, 0) is 9.53 Å². The van der Waals surface area contributed by atoms with Crippen LogP contribution in [0.3, 0.4) is 0 Å². The average molecular weight is 126 g/mol. The van der Waals surface area contributed by atoms with Crippen LogP contribution in [0.15, 0.2) is 12.2 Å². The molecule has 1 aliphatic rings. The standard InChI is InChI=1S/C6H3FO2/c1-2-6(7)4-3-5(8)9-6/h1,3-4H. The zero-order valence-electron chi connectivity index (χ0n) is 4.43. The Hall–Kier alpha value is -1.30. The number of terminal acetylenes is 1. The lowest BCUT2D eigenvalue weighted by molar-refractivity contribution is -0.151. The lowest BCUT2D eigenvalue weighted by Crippen LogP contribution is -2.18. The molecule has 0 saturated carbocycles. The molecule has 0 fully saturated rings. The molecule has 1 aliphatic heterocycles. The minimum absolute atomic E-state index is 0.740. The third-order valence-corrected chi connectivity index (χ3v) is 0.880. The molecular weight excluding hydrogens is 123 g/mol. The highest BCUT2D eigenvalue weighted by Crippen LogP contribution is 2.19. The van der Waals surface area contributed by atoms with E-state index in [9.17, 15) is 9.18 Å². The van der Waals surface area contributed by atoms with Crippen LogP contribution >= 0.6 is 0 Å². The largest absolute Gasteiger partial charge is 0.410 e. The molecule has 0 bridgehead atoms. The summed E-state index contributed by atoms with van der Waals surface area (Å²) in [5.74, 6) is -1.36. The molecular formula is C6H3FO2. The van der Waals surface area contributed by atoms with Gasteiger partial charge in [0, 0.05) is 12.2 Å². The molecule has 3 heteroatoms. The van der Waals surface area contributed by atoms with Crippen molar-refractivity contribution in [2.75, 3.05) is 0 Å². The summed E-state index contributed by atoms with van der Waals surface area (Å²) in [7, 11) is 0. The predicted octanol–water partition coefficient (Wildman–Crippen LogP) is 0.398. The van der Waals surface area contributed by atoms with E-state index >= 15 is 0 Å². The van der Waals surface area contributed by atoms with E-state index in [4.69, 9.17) is 0 Å². The molecule has 0 N–H and O–H groups in total. The summed E-state index contributed by atoms with van der Waals surface area (Å²) < 4.78 is 16.6. The molecule has 2 nitrogen and oxygen atoms in total. The molecule has 9 heavy (non-hydrogen) atoms. The average Bonchev–Trinajstić information content (AvgIpc) is 2.13. The Bertz CT molecular complexity index is 214. The van der Waals surface area contributed by atoms with Gasteiger partial charge in [-0.25, -0.2) is 4.79 Å². The first kappa shape index (κ1) is 5.83. The molecule has 1 atom stereocenters. The highest BCUT2D eigenvalue weighted by Gasteiger charge is 2.32. The van der Waals surface area contributed by atoms with Crippen LogP contribution < -0.4 is 0 Å². The molecule has 1 rings (SSSR count). The van der Waals surface area contributed by atoms with Crippen molar-refractivity contribution in [3.05, 3.63) is 12.2 Å². The molecule has 0 saturated heterocycles. The maximum atomic E-state index is 12.5. The number of esters is 1. The van der Waals surface area contributed by atoms with Gasteiger partial charge in [0.05, 0.1) is 0 Å². The second-order valence-corrected chi connectivity index (χ2v) is 1.54. The van der Waals surface area contributed by atoms with Gasteiger partial charge in [0.15, 0.2) is 0 Å². The molecule has 0 spiro atoms. The van der Waals surface area contributed by atoms with E-state index in [1.54, 1.807) is 5.92 Å². The second-order valence-electron chi connectivity index (χ2n) is 1.54. The zero-order valence-corrected chi connectivity index (χ0v) is 4.43. The van der Waals surface area contributed by atoms with Crippen molar-refractivity contribution in [2.45, 2.75) is 5.85 Å². The van der Waals surface area contributed by atoms with Gasteiger partial charge >= 0.3 is 11.8 Å². The monoisotopic (exact) mass is 126 g/mol. The van der Waals surface area contributed by atoms with Crippen molar-refractivity contribution >= 4 is 5.97 Å². The summed E-state index contributed by atoms with van der Waals surface area (Å²) in [5, 5.41) is 0. The van der Waals surface area contributed by atoms with Gasteiger partial charge in [0.1, 0.15) is 0 Å². The van der Waals surface area contributed by atoms with Gasteiger partial charge in [0.25, 0.3) is 0 Å². The molecule has 0 amide bonds. The molecule has 0 aliphatic carbocycles. The third-order valence-electron chi connectivity index (χ3n) is 0.880. The lowest BCUT2D eigenvalue weighted by atomic mass is 10.3. The number of hydrogen-bond acceptors (Lipinski definition) is 2. The first-order valence-electron chi connectivity index (χ1n) is 2.25. The van der Waals surface area contributed by atoms with Crippen molar-refractivity contribution in [1.29, 1.82) is 0 Å². The van der Waals surface area contributed by atoms with E-state index in [0.29, 0.717) is 0 Å². The van der Waals surface area contributed by atoms with Gasteiger partial charge in [0.2, 0.25) is 0 Å². The lowest BCUT2D eigenvalue weighted by Gasteiger charge is -2.06. The summed E-state index contributed by atoms with van der Waals surface area (Å²) in [6, 6.07) is 0. The van der Waals surface area contributed by atoms with Gasteiger partial charge in [-0.15, -0.1) is 6.42 Å². The molecule has 0 aromatic carbocycles. The number of cyclic esters (lactones) is 1. The number of halogens is 1. The quantitative estimate of drug-likeness (QED) is 0.347. The maximum Gasteiger partial charge on any atom is 0.334 e. The van der Waals surface area contributed by atoms with Crippen LogP contribution in [0.1, 0.15) is 0 Å². The molecule has 0 aromatic rings. The van der Waals surface area contributed by atoms with Crippen molar-refractivity contribution in [1.82, 2.24) is 0 Å². The Kier molecular flexibility index (Phi) is 1.03. The minimum Gasteiger partial charge on any atom is -0.410 e. The van der Waals surface area contributed by atoms with Crippen LogP contribution in [-0.4, -0.2) is 11.8 Å². The normalized spacial score (nSPS) is 31.8. The third kappa shape index (κ3) is 0.918. The van der Waals surface area contributed by atoms with Gasteiger partial charge in [-0.3, -0.25) is 0 Å². The SMILES string of the molecule is C#CC1(F)C=CC(=O)O1. The fraction of sp³-hybridized carbons (Fsp3) is 0.167. The minimum atomic E-state index is -2.29. The first-order valence-corrected chi connectivity index (χ1v) is 2.25. The summed E-state index contributed by atoms with van der Waals surface area (Å²) >= 11 is 0. The smallest absolute Gasteiger partial charge is 0.334 e. The van der Waals surface area contributed by atoms with Crippen LogP contribution in [0, 0.1) is 12.3 Å². The van der Waals surface area contributed by atoms with E-state index in [-0.39, 0.29) is 0 Å². The van der Waals surface area contributed by atoms with Crippen molar-refractivity contribution in [3.63, 3.8) is 0 Å². The van der Waals surface area contributed by atoms with Crippen molar-refractivity contribution in [3.8, 4) is 12.3 Å². The molecule has 0 aromatic heterocycles. The molecule has 46 valence electrons. The van der Waals surface area contributed by atoms with Crippen molar-refractivity contribution < 1.29 is 13.9 Å². The topological polar surface area (TPSA) is 26.3 Å². The van der Waals surface area contributed by atoms with Gasteiger partial charge in [-0.2, -0.15) is 4.39 Å². The zero-order chi connectivity index (χ0) is 6.91. The number of alkyl halides is 1. The Morgan fingerprint density at radius 3 is 2.78 bits per heavy atom. The van der Waals surface area contributed by atoms with Gasteiger partial charge in [-0.1, -0.05) is 0 Å². The number of hydrogen-bond donors (Lipinski definition) is 0.